The molecule has 2 aromatic rings. The predicted molar refractivity (Wildman–Crippen MR) is 89.4 cm³/mol. The largest absolute Gasteiger partial charge is 0.435 e. The third-order valence-corrected chi connectivity index (χ3v) is 3.26. The molecule has 0 bridgehead atoms. The van der Waals surface area contributed by atoms with E-state index < -0.39 is 17.2 Å². The van der Waals surface area contributed by atoms with Crippen molar-refractivity contribution in [2.75, 3.05) is 0 Å². The van der Waals surface area contributed by atoms with Crippen LogP contribution in [-0.4, -0.2) is 30.9 Å². The first-order chi connectivity index (χ1) is 11.3. The Morgan fingerprint density at radius 1 is 1.08 bits per heavy atom. The van der Waals surface area contributed by atoms with Gasteiger partial charge in [-0.25, -0.2) is 9.79 Å². The minimum absolute atomic E-state index is 0.275. The van der Waals surface area contributed by atoms with E-state index in [1.807, 2.05) is 0 Å². The Balaban J connectivity index is 2.33. The number of aromatic nitrogens is 4. The molecule has 24 heavy (non-hydrogen) atoms. The fraction of sp³-hybridized carbons (Fsp3) is 0.267. The van der Waals surface area contributed by atoms with E-state index in [-0.39, 0.29) is 11.6 Å². The molecule has 0 aliphatic heterocycles. The highest BCUT2D eigenvalue weighted by atomic mass is 16.5. The predicted octanol–water partition coefficient (Wildman–Crippen LogP) is 0.306. The summed E-state index contributed by atoms with van der Waals surface area (Å²) in [6.07, 6.45) is 7.48. The van der Waals surface area contributed by atoms with Crippen molar-refractivity contribution in [3.8, 4) is 0 Å². The van der Waals surface area contributed by atoms with Crippen LogP contribution in [0.25, 0.3) is 11.2 Å². The molecule has 0 amide bonds. The number of allylic oxidation sites excluding steroid dienone is 3. The summed E-state index contributed by atoms with van der Waals surface area (Å²) < 4.78 is 8.46. The van der Waals surface area contributed by atoms with Crippen molar-refractivity contribution in [1.29, 1.82) is 0 Å². The molecule has 0 radical (unpaired) electrons. The third kappa shape index (κ3) is 3.24. The minimum atomic E-state index is -0.448. The van der Waals surface area contributed by atoms with Gasteiger partial charge in [0.05, 0.1) is 6.26 Å². The Hall–Kier alpha value is -3.23. The van der Waals surface area contributed by atoms with Gasteiger partial charge in [0.25, 0.3) is 5.56 Å². The highest BCUT2D eigenvalue weighted by Gasteiger charge is 2.15. The number of carbonyl (C=O) groups excluding carboxylic acids is 1. The number of aliphatic imine (C=N–C) groups is 1. The number of aryl methyl sites for hydroxylation is 2. The van der Waals surface area contributed by atoms with Gasteiger partial charge in [-0.3, -0.25) is 18.7 Å². The van der Waals surface area contributed by atoms with Crippen molar-refractivity contribution in [2.45, 2.75) is 6.92 Å². The Morgan fingerprint density at radius 3 is 2.46 bits per heavy atom. The molecule has 0 atom stereocenters. The molecule has 2 aromatic heterocycles. The Kier molecular flexibility index (Phi) is 4.93. The van der Waals surface area contributed by atoms with Gasteiger partial charge >= 0.3 is 11.7 Å². The summed E-state index contributed by atoms with van der Waals surface area (Å²) in [5.74, 6) is -0.114. The molecule has 9 heteroatoms. The quantitative estimate of drug-likeness (QED) is 0.347. The molecular formula is C15H17N5O4. The second kappa shape index (κ2) is 6.90. The Bertz CT molecular complexity index is 988. The number of fused-ring (bicyclic) bond motifs is 1. The van der Waals surface area contributed by atoms with Gasteiger partial charge in [-0.15, -0.1) is 0 Å². The molecule has 0 spiro atoms. The van der Waals surface area contributed by atoms with Gasteiger partial charge in [-0.05, 0) is 12.2 Å². The summed E-state index contributed by atoms with van der Waals surface area (Å²) >= 11 is 0. The lowest BCUT2D eigenvalue weighted by atomic mass is 10.5. The lowest BCUT2D eigenvalue weighted by Gasteiger charge is -2.02. The molecule has 0 N–H and O–H groups in total. The molecule has 0 saturated carbocycles. The van der Waals surface area contributed by atoms with Crippen molar-refractivity contribution in [1.82, 2.24) is 18.7 Å². The molecule has 0 fully saturated rings. The second-order valence-corrected chi connectivity index (χ2v) is 4.95. The van der Waals surface area contributed by atoms with E-state index in [9.17, 15) is 14.4 Å². The first-order valence-corrected chi connectivity index (χ1v) is 7.00. The zero-order chi connectivity index (χ0) is 17.9. The number of hydrogen-bond donors (Lipinski definition) is 0. The van der Waals surface area contributed by atoms with E-state index in [0.717, 1.165) is 4.57 Å². The van der Waals surface area contributed by atoms with Crippen LogP contribution in [0.5, 0.6) is 0 Å². The number of esters is 1. The maximum Gasteiger partial charge on any atom is 0.332 e. The summed E-state index contributed by atoms with van der Waals surface area (Å²) in [7, 11) is 4.61. The molecule has 0 unspecified atom stereocenters. The maximum absolute atomic E-state index is 12.2. The fourth-order valence-electron chi connectivity index (χ4n) is 2.03. The highest BCUT2D eigenvalue weighted by Crippen LogP contribution is 2.15. The van der Waals surface area contributed by atoms with Crippen LogP contribution in [0, 0.1) is 0 Å². The number of carbonyl (C=O) groups is 1. The van der Waals surface area contributed by atoms with Gasteiger partial charge in [0.15, 0.2) is 11.2 Å². The lowest BCUT2D eigenvalue weighted by molar-refractivity contribution is -0.135. The van der Waals surface area contributed by atoms with Gasteiger partial charge < -0.3 is 9.30 Å². The number of nitrogens with zero attached hydrogens (tertiary/aromatic N) is 5. The first kappa shape index (κ1) is 17.1. The second-order valence-electron chi connectivity index (χ2n) is 4.95. The van der Waals surface area contributed by atoms with Crippen molar-refractivity contribution >= 4 is 29.3 Å². The van der Waals surface area contributed by atoms with Crippen molar-refractivity contribution in [3.63, 3.8) is 0 Å². The molecule has 0 aliphatic rings. The van der Waals surface area contributed by atoms with Crippen LogP contribution in [0.1, 0.15) is 6.92 Å². The Morgan fingerprint density at radius 2 is 1.79 bits per heavy atom. The minimum Gasteiger partial charge on any atom is -0.435 e. The van der Waals surface area contributed by atoms with Crippen LogP contribution in [-0.2, 0) is 30.7 Å². The SMILES string of the molecule is CC(=O)O/C=C/C=C/C=Nc1nc2c(c(=O)n(C)c(=O)n2C)n1C. The molecule has 0 aliphatic carbocycles. The number of hydrogen-bond acceptors (Lipinski definition) is 6. The van der Waals surface area contributed by atoms with Crippen LogP contribution in [0.15, 0.2) is 39.1 Å². The highest BCUT2D eigenvalue weighted by molar-refractivity contribution is 5.77. The summed E-state index contributed by atoms with van der Waals surface area (Å²) in [6.45, 7) is 1.30. The fourth-order valence-corrected chi connectivity index (χ4v) is 2.03. The smallest absolute Gasteiger partial charge is 0.332 e. The summed E-state index contributed by atoms with van der Waals surface area (Å²) in [5.41, 5.74) is -0.303. The Labute approximate surface area is 136 Å². The monoisotopic (exact) mass is 331 g/mol. The van der Waals surface area contributed by atoms with E-state index in [1.54, 1.807) is 26.2 Å². The van der Waals surface area contributed by atoms with Gasteiger partial charge in [0, 0.05) is 34.3 Å². The van der Waals surface area contributed by atoms with E-state index in [1.165, 1.54) is 41.7 Å². The van der Waals surface area contributed by atoms with Crippen LogP contribution in [0.3, 0.4) is 0 Å². The first-order valence-electron chi connectivity index (χ1n) is 7.00. The average Bonchev–Trinajstić information content (AvgIpc) is 2.86. The normalized spacial score (nSPS) is 12.2. The molecule has 2 heterocycles. The van der Waals surface area contributed by atoms with Crippen LogP contribution in [0.2, 0.25) is 0 Å². The van der Waals surface area contributed by atoms with Crippen molar-refractivity contribution in [3.05, 3.63) is 45.3 Å². The summed E-state index contributed by atoms with van der Waals surface area (Å²) in [4.78, 5) is 43.1. The van der Waals surface area contributed by atoms with Crippen molar-refractivity contribution < 1.29 is 9.53 Å². The van der Waals surface area contributed by atoms with Gasteiger partial charge in [0.2, 0.25) is 5.95 Å². The maximum atomic E-state index is 12.2. The molecule has 0 aromatic carbocycles. The molecule has 126 valence electrons. The van der Waals surface area contributed by atoms with Gasteiger partial charge in [-0.1, -0.05) is 6.08 Å². The third-order valence-electron chi connectivity index (χ3n) is 3.26. The van der Waals surface area contributed by atoms with Gasteiger partial charge in [-0.2, -0.15) is 4.98 Å². The topological polar surface area (TPSA) is 100 Å². The van der Waals surface area contributed by atoms with E-state index in [2.05, 4.69) is 14.7 Å². The molecule has 9 nitrogen and oxygen atoms in total. The van der Waals surface area contributed by atoms with E-state index in [4.69, 9.17) is 0 Å². The molecule has 2 rings (SSSR count). The number of ether oxygens (including phenoxy) is 1. The summed E-state index contributed by atoms with van der Waals surface area (Å²) in [6, 6.07) is 0. The van der Waals surface area contributed by atoms with Crippen LogP contribution in [0.4, 0.5) is 5.95 Å². The molecular weight excluding hydrogens is 314 g/mol. The van der Waals surface area contributed by atoms with Gasteiger partial charge in [0.1, 0.15) is 0 Å². The molecule has 0 saturated heterocycles. The zero-order valence-electron chi connectivity index (χ0n) is 13.8. The zero-order valence-corrected chi connectivity index (χ0v) is 13.8. The van der Waals surface area contributed by atoms with Crippen molar-refractivity contribution in [2.24, 2.45) is 26.1 Å². The number of imidazole rings is 1. The number of rotatable bonds is 4. The standard InChI is InChI=1S/C15H17N5O4/c1-10(21)24-9-7-5-6-8-16-14-17-12-11(18(14)2)13(22)20(4)15(23)19(12)3/h5-9H,1-4H3/b6-5+,9-7+,16-8?. The lowest BCUT2D eigenvalue weighted by Crippen LogP contribution is -2.37. The average molecular weight is 331 g/mol. The van der Waals surface area contributed by atoms with Crippen LogP contribution < -0.4 is 11.2 Å². The summed E-state index contributed by atoms with van der Waals surface area (Å²) in [5, 5.41) is 0. The van der Waals surface area contributed by atoms with E-state index >= 15 is 0 Å². The van der Waals surface area contributed by atoms with E-state index in [0.29, 0.717) is 5.52 Å². The van der Waals surface area contributed by atoms with Crippen LogP contribution >= 0.6 is 0 Å².